The average Bonchev–Trinajstić information content (AvgIpc) is 2.45. The minimum Gasteiger partial charge on any atom is -0.497 e. The minimum atomic E-state index is -0.424. The highest BCUT2D eigenvalue weighted by atomic mass is 16.5. The molecule has 0 saturated carbocycles. The number of hydrogen-bond acceptors (Lipinski definition) is 4. The smallest absolute Gasteiger partial charge is 0.310 e. The molecule has 0 aliphatic rings. The van der Waals surface area contributed by atoms with Crippen molar-refractivity contribution in [3.8, 4) is 5.75 Å². The number of benzene rings is 1. The quantitative estimate of drug-likeness (QED) is 0.780. The van der Waals surface area contributed by atoms with E-state index >= 15 is 0 Å². The van der Waals surface area contributed by atoms with Gasteiger partial charge in [0.25, 0.3) is 5.91 Å². The third-order valence-electron chi connectivity index (χ3n) is 3.26. The van der Waals surface area contributed by atoms with Gasteiger partial charge in [-0.25, -0.2) is 0 Å². The van der Waals surface area contributed by atoms with Gasteiger partial charge in [0.05, 0.1) is 13.5 Å². The number of hydrogen-bond donors (Lipinski definition) is 1. The van der Waals surface area contributed by atoms with Gasteiger partial charge in [0.15, 0.2) is 6.61 Å². The first-order chi connectivity index (χ1) is 9.92. The first kappa shape index (κ1) is 17.0. The lowest BCUT2D eigenvalue weighted by molar-refractivity contribution is -0.148. The van der Waals surface area contributed by atoms with Gasteiger partial charge in [0.1, 0.15) is 5.75 Å². The van der Waals surface area contributed by atoms with Crippen LogP contribution in [-0.2, 0) is 20.7 Å². The Morgan fingerprint density at radius 1 is 1.14 bits per heavy atom. The van der Waals surface area contributed by atoms with Crippen LogP contribution in [0.15, 0.2) is 24.3 Å². The van der Waals surface area contributed by atoms with Gasteiger partial charge in [-0.3, -0.25) is 9.59 Å². The summed E-state index contributed by atoms with van der Waals surface area (Å²) in [4.78, 5) is 23.3. The Hall–Kier alpha value is -2.04. The van der Waals surface area contributed by atoms with E-state index in [-0.39, 0.29) is 25.0 Å². The molecule has 0 aliphatic heterocycles. The molecule has 1 N–H and O–H groups in total. The predicted octanol–water partition coefficient (Wildman–Crippen LogP) is 1.94. The minimum absolute atomic E-state index is 0.0535. The van der Waals surface area contributed by atoms with Gasteiger partial charge in [0.2, 0.25) is 0 Å². The van der Waals surface area contributed by atoms with Crippen LogP contribution < -0.4 is 10.1 Å². The van der Waals surface area contributed by atoms with Crippen molar-refractivity contribution in [1.82, 2.24) is 5.32 Å². The lowest BCUT2D eigenvalue weighted by atomic mass is 10.1. The van der Waals surface area contributed by atoms with Crippen LogP contribution in [0.2, 0.25) is 0 Å². The molecule has 5 nitrogen and oxygen atoms in total. The summed E-state index contributed by atoms with van der Waals surface area (Å²) in [7, 11) is 1.58. The lowest BCUT2D eigenvalue weighted by Crippen LogP contribution is -2.38. The first-order valence-electron chi connectivity index (χ1n) is 7.00. The van der Waals surface area contributed by atoms with Gasteiger partial charge in [0, 0.05) is 6.04 Å². The summed E-state index contributed by atoms with van der Waals surface area (Å²) in [5.74, 6) is 0.366. The molecule has 21 heavy (non-hydrogen) atoms. The third-order valence-corrected chi connectivity index (χ3v) is 3.26. The molecule has 1 amide bonds. The Morgan fingerprint density at radius 3 is 2.29 bits per heavy atom. The molecule has 116 valence electrons. The van der Waals surface area contributed by atoms with E-state index in [0.717, 1.165) is 11.3 Å². The fraction of sp³-hybridized carbons (Fsp3) is 0.500. The second-order valence-electron chi connectivity index (χ2n) is 5.29. The number of carbonyl (C=O) groups excluding carboxylic acids is 2. The molecule has 0 aromatic heterocycles. The average molecular weight is 293 g/mol. The van der Waals surface area contributed by atoms with E-state index in [9.17, 15) is 9.59 Å². The van der Waals surface area contributed by atoms with Crippen LogP contribution in [0.3, 0.4) is 0 Å². The van der Waals surface area contributed by atoms with E-state index in [1.807, 2.05) is 20.8 Å². The van der Waals surface area contributed by atoms with Crippen molar-refractivity contribution < 1.29 is 19.1 Å². The van der Waals surface area contributed by atoms with E-state index in [2.05, 4.69) is 5.32 Å². The monoisotopic (exact) mass is 293 g/mol. The van der Waals surface area contributed by atoms with Crippen LogP contribution in [-0.4, -0.2) is 31.6 Å². The van der Waals surface area contributed by atoms with Gasteiger partial charge in [-0.05, 0) is 30.5 Å². The molecule has 0 fully saturated rings. The SMILES string of the molecule is COc1ccc(CC(=O)OCC(=O)N[C@H](C)C(C)C)cc1. The lowest BCUT2D eigenvalue weighted by Gasteiger charge is -2.17. The number of methoxy groups -OCH3 is 1. The number of carbonyl (C=O) groups is 2. The van der Waals surface area contributed by atoms with Gasteiger partial charge in [-0.2, -0.15) is 0 Å². The van der Waals surface area contributed by atoms with Gasteiger partial charge >= 0.3 is 5.97 Å². The molecule has 0 heterocycles. The maximum Gasteiger partial charge on any atom is 0.310 e. The molecule has 1 atom stereocenters. The van der Waals surface area contributed by atoms with Gasteiger partial charge in [-0.15, -0.1) is 0 Å². The van der Waals surface area contributed by atoms with Crippen molar-refractivity contribution in [1.29, 1.82) is 0 Å². The maximum atomic E-state index is 11.7. The molecule has 5 heteroatoms. The number of esters is 1. The van der Waals surface area contributed by atoms with E-state index in [1.54, 1.807) is 31.4 Å². The van der Waals surface area contributed by atoms with Crippen LogP contribution in [0.1, 0.15) is 26.3 Å². The zero-order chi connectivity index (χ0) is 15.8. The van der Waals surface area contributed by atoms with Crippen molar-refractivity contribution in [3.05, 3.63) is 29.8 Å². The molecule has 0 radical (unpaired) electrons. The molecule has 0 aliphatic carbocycles. The number of amides is 1. The third kappa shape index (κ3) is 6.29. The summed E-state index contributed by atoms with van der Waals surface area (Å²) >= 11 is 0. The topological polar surface area (TPSA) is 64.6 Å². The molecule has 1 aromatic carbocycles. The number of rotatable bonds is 7. The molecule has 0 saturated heterocycles. The zero-order valence-corrected chi connectivity index (χ0v) is 13.0. The van der Waals surface area contributed by atoms with Crippen molar-refractivity contribution in [2.45, 2.75) is 33.2 Å². The summed E-state index contributed by atoms with van der Waals surface area (Å²) in [6.45, 7) is 5.70. The summed E-state index contributed by atoms with van der Waals surface area (Å²) in [6.07, 6.45) is 0.136. The fourth-order valence-electron chi connectivity index (χ4n) is 1.57. The highest BCUT2D eigenvalue weighted by Crippen LogP contribution is 2.11. The summed E-state index contributed by atoms with van der Waals surface area (Å²) in [5.41, 5.74) is 0.816. The maximum absolute atomic E-state index is 11.7. The normalized spacial score (nSPS) is 11.9. The Bertz CT molecular complexity index is 468. The Kier molecular flexibility index (Phi) is 6.72. The van der Waals surface area contributed by atoms with Crippen LogP contribution in [0.5, 0.6) is 5.75 Å². The molecular formula is C16H23NO4. The van der Waals surface area contributed by atoms with E-state index in [0.29, 0.717) is 5.92 Å². The molecule has 1 rings (SSSR count). The van der Waals surface area contributed by atoms with E-state index < -0.39 is 5.97 Å². The molecule has 0 bridgehead atoms. The van der Waals surface area contributed by atoms with Crippen LogP contribution >= 0.6 is 0 Å². The number of ether oxygens (including phenoxy) is 2. The molecule has 0 spiro atoms. The van der Waals surface area contributed by atoms with Gasteiger partial charge < -0.3 is 14.8 Å². The fourth-order valence-corrected chi connectivity index (χ4v) is 1.57. The Labute approximate surface area is 125 Å². The highest BCUT2D eigenvalue weighted by molar-refractivity contribution is 5.81. The predicted molar refractivity (Wildman–Crippen MR) is 80.1 cm³/mol. The summed E-state index contributed by atoms with van der Waals surface area (Å²) < 4.78 is 10.0. The first-order valence-corrected chi connectivity index (χ1v) is 7.00. The highest BCUT2D eigenvalue weighted by Gasteiger charge is 2.13. The van der Waals surface area contributed by atoms with Crippen molar-refractivity contribution in [3.63, 3.8) is 0 Å². The van der Waals surface area contributed by atoms with E-state index in [1.165, 1.54) is 0 Å². The second kappa shape index (κ2) is 8.29. The van der Waals surface area contributed by atoms with Crippen molar-refractivity contribution >= 4 is 11.9 Å². The second-order valence-corrected chi connectivity index (χ2v) is 5.29. The Balaban J connectivity index is 2.34. The van der Waals surface area contributed by atoms with Gasteiger partial charge in [-0.1, -0.05) is 26.0 Å². The van der Waals surface area contributed by atoms with Crippen molar-refractivity contribution in [2.75, 3.05) is 13.7 Å². The number of nitrogens with one attached hydrogen (secondary N) is 1. The molecule has 1 aromatic rings. The van der Waals surface area contributed by atoms with Crippen molar-refractivity contribution in [2.24, 2.45) is 5.92 Å². The van der Waals surface area contributed by atoms with Crippen LogP contribution in [0.4, 0.5) is 0 Å². The van der Waals surface area contributed by atoms with E-state index in [4.69, 9.17) is 9.47 Å². The largest absolute Gasteiger partial charge is 0.497 e. The van der Waals surface area contributed by atoms with Crippen LogP contribution in [0, 0.1) is 5.92 Å². The summed E-state index contributed by atoms with van der Waals surface area (Å²) in [5, 5.41) is 2.78. The zero-order valence-electron chi connectivity index (χ0n) is 13.0. The Morgan fingerprint density at radius 2 is 1.76 bits per heavy atom. The summed E-state index contributed by atoms with van der Waals surface area (Å²) in [6, 6.07) is 7.19. The molecular weight excluding hydrogens is 270 g/mol. The standard InChI is InChI=1S/C16H23NO4/c1-11(2)12(3)17-15(18)10-21-16(19)9-13-5-7-14(20-4)8-6-13/h5-8,11-12H,9-10H2,1-4H3,(H,17,18)/t12-/m1/s1. The van der Waals surface area contributed by atoms with Crippen LogP contribution in [0.25, 0.3) is 0 Å². The molecule has 0 unspecified atom stereocenters.